The van der Waals surface area contributed by atoms with E-state index in [-0.39, 0.29) is 17.2 Å². The fourth-order valence-electron chi connectivity index (χ4n) is 4.73. The second-order valence-corrected chi connectivity index (χ2v) is 11.7. The topological polar surface area (TPSA) is 78.1 Å². The third-order valence-corrected chi connectivity index (χ3v) is 7.75. The standard InChI is InChI=1S/C33H46NO6P/c1-3-4-5-6-7-8-9-10-11-12-13-17-26-38-31-22-19-23-32(33(31)37-2)40-41(35,36)39-30-21-18-20-29(27-30)28-34-24-15-14-16-25-34/h14-16,18-25,27H,3-13,17,26,28H2,1-2H3/p+1. The van der Waals surface area contributed by atoms with Gasteiger partial charge in [0.1, 0.15) is 5.75 Å². The van der Waals surface area contributed by atoms with Crippen LogP contribution in [0.5, 0.6) is 23.0 Å². The van der Waals surface area contributed by atoms with Crippen LogP contribution in [0.15, 0.2) is 73.1 Å². The van der Waals surface area contributed by atoms with Crippen LogP contribution in [0, 0.1) is 0 Å². The molecule has 3 rings (SSSR count). The van der Waals surface area contributed by atoms with Crippen molar-refractivity contribution in [1.82, 2.24) is 0 Å². The van der Waals surface area contributed by atoms with E-state index >= 15 is 0 Å². The van der Waals surface area contributed by atoms with Gasteiger partial charge in [0.05, 0.1) is 13.7 Å². The van der Waals surface area contributed by atoms with E-state index in [0.29, 0.717) is 18.9 Å². The zero-order chi connectivity index (χ0) is 29.2. The van der Waals surface area contributed by atoms with Crippen LogP contribution in [0.4, 0.5) is 0 Å². The second kappa shape index (κ2) is 18.4. The molecule has 0 saturated carbocycles. The molecule has 0 aliphatic rings. The molecule has 3 aromatic rings. The van der Waals surface area contributed by atoms with Gasteiger partial charge >= 0.3 is 7.82 Å². The molecule has 1 atom stereocenters. The number of para-hydroxylation sites is 1. The summed E-state index contributed by atoms with van der Waals surface area (Å²) in [5.74, 6) is 1.05. The van der Waals surface area contributed by atoms with E-state index < -0.39 is 7.82 Å². The van der Waals surface area contributed by atoms with Gasteiger partial charge in [-0.3, -0.25) is 4.89 Å². The monoisotopic (exact) mass is 584 g/mol. The normalized spacial score (nSPS) is 12.5. The summed E-state index contributed by atoms with van der Waals surface area (Å²) in [6.07, 6.45) is 19.2. The van der Waals surface area contributed by atoms with E-state index in [9.17, 15) is 9.46 Å². The highest BCUT2D eigenvalue weighted by Gasteiger charge is 2.28. The molecule has 1 unspecified atom stereocenters. The lowest BCUT2D eigenvalue weighted by Gasteiger charge is -2.18. The molecule has 2 aromatic carbocycles. The number of hydrogen-bond acceptors (Lipinski definition) is 5. The summed E-state index contributed by atoms with van der Waals surface area (Å²) in [7, 11) is -3.02. The molecule has 0 saturated heterocycles. The maximum atomic E-state index is 12.9. The molecule has 1 aromatic heterocycles. The summed E-state index contributed by atoms with van der Waals surface area (Å²) in [6.45, 7) is 3.39. The molecule has 7 nitrogen and oxygen atoms in total. The van der Waals surface area contributed by atoms with Gasteiger partial charge in [-0.15, -0.1) is 0 Å². The highest BCUT2D eigenvalue weighted by atomic mass is 31.2. The first-order valence-electron chi connectivity index (χ1n) is 15.1. The third kappa shape index (κ3) is 12.6. The number of ether oxygens (including phenoxy) is 2. The summed E-state index contributed by atoms with van der Waals surface area (Å²) in [4.78, 5) is 10.5. The minimum atomic E-state index is -4.50. The highest BCUT2D eigenvalue weighted by Crippen LogP contribution is 2.49. The number of unbranched alkanes of at least 4 members (excludes halogenated alkanes) is 11. The summed E-state index contributed by atoms with van der Waals surface area (Å²) >= 11 is 0. The van der Waals surface area contributed by atoms with Gasteiger partial charge in [-0.05, 0) is 30.7 Å². The molecule has 0 amide bonds. The Bertz CT molecular complexity index is 1190. The van der Waals surface area contributed by atoms with Crippen LogP contribution in [-0.2, 0) is 11.1 Å². The maximum absolute atomic E-state index is 12.9. The number of nitrogens with zero attached hydrogens (tertiary/aromatic N) is 1. The van der Waals surface area contributed by atoms with Crippen molar-refractivity contribution >= 4 is 7.82 Å². The Kier molecular flexibility index (Phi) is 14.6. The Balaban J connectivity index is 1.42. The van der Waals surface area contributed by atoms with Crippen LogP contribution in [-0.4, -0.2) is 18.6 Å². The van der Waals surface area contributed by atoms with E-state index in [1.165, 1.54) is 71.3 Å². The molecular weight excluding hydrogens is 537 g/mol. The fraction of sp³-hybridized carbons (Fsp3) is 0.485. The summed E-state index contributed by atoms with van der Waals surface area (Å²) in [5.41, 5.74) is 0.921. The predicted molar refractivity (Wildman–Crippen MR) is 163 cm³/mol. The van der Waals surface area contributed by atoms with Crippen molar-refractivity contribution in [1.29, 1.82) is 0 Å². The van der Waals surface area contributed by atoms with Crippen LogP contribution in [0.3, 0.4) is 0 Å². The Morgan fingerprint density at radius 2 is 1.34 bits per heavy atom. The fourth-order valence-corrected chi connectivity index (χ4v) is 5.54. The predicted octanol–water partition coefficient (Wildman–Crippen LogP) is 8.67. The lowest BCUT2D eigenvalue weighted by atomic mass is 10.1. The van der Waals surface area contributed by atoms with Crippen LogP contribution in [0.25, 0.3) is 0 Å². The third-order valence-electron chi connectivity index (χ3n) is 6.88. The number of phosphoric ester groups is 1. The minimum absolute atomic E-state index is 0.0847. The van der Waals surface area contributed by atoms with E-state index in [1.54, 1.807) is 36.4 Å². The van der Waals surface area contributed by atoms with Crippen LogP contribution < -0.4 is 23.1 Å². The first-order chi connectivity index (χ1) is 20.0. The van der Waals surface area contributed by atoms with Crippen LogP contribution >= 0.6 is 7.82 Å². The molecule has 0 radical (unpaired) electrons. The molecule has 41 heavy (non-hydrogen) atoms. The number of aromatic nitrogens is 1. The van der Waals surface area contributed by atoms with E-state index in [4.69, 9.17) is 18.5 Å². The van der Waals surface area contributed by atoms with Crippen molar-refractivity contribution in [2.24, 2.45) is 0 Å². The second-order valence-electron chi connectivity index (χ2n) is 10.4. The van der Waals surface area contributed by atoms with Gasteiger partial charge in [-0.25, -0.2) is 9.13 Å². The average Bonchev–Trinajstić information content (AvgIpc) is 2.96. The van der Waals surface area contributed by atoms with Gasteiger partial charge in [0.2, 0.25) is 5.75 Å². The van der Waals surface area contributed by atoms with Crippen LogP contribution in [0.1, 0.15) is 89.5 Å². The Morgan fingerprint density at radius 1 is 0.732 bits per heavy atom. The molecule has 0 fully saturated rings. The van der Waals surface area contributed by atoms with Crippen molar-refractivity contribution in [2.45, 2.75) is 90.5 Å². The highest BCUT2D eigenvalue weighted by molar-refractivity contribution is 7.48. The van der Waals surface area contributed by atoms with Gasteiger partial charge in [0.15, 0.2) is 30.4 Å². The van der Waals surface area contributed by atoms with Crippen molar-refractivity contribution in [2.75, 3.05) is 13.7 Å². The number of rotatable bonds is 21. The largest absolute Gasteiger partial charge is 0.585 e. The number of pyridine rings is 1. The van der Waals surface area contributed by atoms with Gasteiger partial charge < -0.3 is 18.5 Å². The Morgan fingerprint density at radius 3 is 2.00 bits per heavy atom. The van der Waals surface area contributed by atoms with Crippen molar-refractivity contribution < 1.29 is 32.5 Å². The van der Waals surface area contributed by atoms with Crippen LogP contribution in [0.2, 0.25) is 0 Å². The smallest absolute Gasteiger partial charge is 0.490 e. The first kappa shape index (κ1) is 32.5. The van der Waals surface area contributed by atoms with Crippen molar-refractivity contribution in [3.8, 4) is 23.0 Å². The lowest BCUT2D eigenvalue weighted by molar-refractivity contribution is -0.688. The molecule has 1 N–H and O–H groups in total. The molecule has 8 heteroatoms. The van der Waals surface area contributed by atoms with Gasteiger partial charge in [-0.1, -0.05) is 102 Å². The minimum Gasteiger partial charge on any atom is -0.490 e. The van der Waals surface area contributed by atoms with E-state index in [1.807, 2.05) is 41.2 Å². The van der Waals surface area contributed by atoms with Crippen molar-refractivity contribution in [3.05, 3.63) is 78.6 Å². The number of phosphoric acid groups is 1. The molecule has 1 heterocycles. The maximum Gasteiger partial charge on any atom is 0.585 e. The Labute approximate surface area is 246 Å². The first-order valence-corrected chi connectivity index (χ1v) is 16.5. The number of benzene rings is 2. The van der Waals surface area contributed by atoms with Gasteiger partial charge in [0, 0.05) is 17.7 Å². The van der Waals surface area contributed by atoms with E-state index in [2.05, 4.69) is 6.92 Å². The lowest BCUT2D eigenvalue weighted by Crippen LogP contribution is -2.32. The van der Waals surface area contributed by atoms with E-state index in [0.717, 1.165) is 18.4 Å². The molecule has 0 aliphatic heterocycles. The summed E-state index contributed by atoms with van der Waals surface area (Å²) in [6, 6.07) is 17.9. The van der Waals surface area contributed by atoms with Gasteiger partial charge in [0.25, 0.3) is 0 Å². The molecule has 0 spiro atoms. The zero-order valence-electron chi connectivity index (χ0n) is 24.7. The zero-order valence-corrected chi connectivity index (χ0v) is 25.6. The summed E-state index contributed by atoms with van der Waals surface area (Å²) in [5, 5.41) is 0. The number of hydrogen-bond donors (Lipinski definition) is 1. The quantitative estimate of drug-likeness (QED) is 0.0767. The van der Waals surface area contributed by atoms with Gasteiger partial charge in [-0.2, -0.15) is 0 Å². The molecule has 0 aliphatic carbocycles. The average molecular weight is 585 g/mol. The number of methoxy groups -OCH3 is 1. The molecular formula is C33H47NO6P+. The molecule has 224 valence electrons. The Hall–Kier alpha value is -3.02. The van der Waals surface area contributed by atoms with Crippen molar-refractivity contribution in [3.63, 3.8) is 0 Å². The molecule has 0 bridgehead atoms. The SMILES string of the molecule is CCCCCCCCCCCCCCOc1cccc(OP(=O)(O)Oc2cccc(C[n+]3ccccc3)c2)c1OC. The summed E-state index contributed by atoms with van der Waals surface area (Å²) < 4.78 is 37.1.